The van der Waals surface area contributed by atoms with E-state index in [-0.39, 0.29) is 17.2 Å². The number of hydrogen-bond acceptors (Lipinski definition) is 2. The molecule has 1 aliphatic rings. The molecule has 1 aliphatic heterocycles. The molecule has 4 nitrogen and oxygen atoms in total. The lowest BCUT2D eigenvalue weighted by atomic mass is 10.1. The molecule has 142 valence electrons. The Morgan fingerprint density at radius 3 is 2.33 bits per heavy atom. The van der Waals surface area contributed by atoms with Crippen LogP contribution < -0.4 is 5.32 Å². The monoisotopic (exact) mass is 396 g/mol. The van der Waals surface area contributed by atoms with Crippen molar-refractivity contribution < 1.29 is 22.8 Å². The highest BCUT2D eigenvalue weighted by molar-refractivity contribution is 6.31. The zero-order valence-electron chi connectivity index (χ0n) is 14.1. The highest BCUT2D eigenvalue weighted by Crippen LogP contribution is 2.36. The van der Waals surface area contributed by atoms with Crippen LogP contribution in [0, 0.1) is 0 Å². The average molecular weight is 397 g/mol. The van der Waals surface area contributed by atoms with E-state index >= 15 is 0 Å². The van der Waals surface area contributed by atoms with Crippen molar-refractivity contribution >= 4 is 29.1 Å². The van der Waals surface area contributed by atoms with Gasteiger partial charge in [-0.2, -0.15) is 13.2 Å². The van der Waals surface area contributed by atoms with Crippen LogP contribution in [-0.2, 0) is 6.18 Å². The minimum absolute atomic E-state index is 0.0343. The van der Waals surface area contributed by atoms with Gasteiger partial charge in [0.1, 0.15) is 0 Å². The van der Waals surface area contributed by atoms with Crippen LogP contribution in [0.25, 0.3) is 0 Å². The second-order valence-electron chi connectivity index (χ2n) is 6.23. The van der Waals surface area contributed by atoms with Crippen LogP contribution in [0.5, 0.6) is 0 Å². The molecular formula is C19H16ClF3N2O2. The number of rotatable bonds is 3. The largest absolute Gasteiger partial charge is 0.417 e. The highest BCUT2D eigenvalue weighted by Gasteiger charge is 2.33. The van der Waals surface area contributed by atoms with Gasteiger partial charge in [-0.25, -0.2) is 0 Å². The number of benzene rings is 2. The van der Waals surface area contributed by atoms with Crippen molar-refractivity contribution in [1.29, 1.82) is 0 Å². The maximum Gasteiger partial charge on any atom is 0.417 e. The number of hydrogen-bond donors (Lipinski definition) is 1. The first kappa shape index (κ1) is 19.2. The third kappa shape index (κ3) is 4.42. The maximum absolute atomic E-state index is 12.9. The molecule has 27 heavy (non-hydrogen) atoms. The van der Waals surface area contributed by atoms with Crippen LogP contribution in [0.2, 0.25) is 5.02 Å². The Balaban J connectivity index is 1.79. The van der Waals surface area contributed by atoms with Crippen molar-refractivity contribution in [3.05, 3.63) is 64.2 Å². The predicted octanol–water partition coefficient (Wildman–Crippen LogP) is 4.85. The Bertz CT molecular complexity index is 877. The van der Waals surface area contributed by atoms with E-state index in [2.05, 4.69) is 5.32 Å². The van der Waals surface area contributed by atoms with Gasteiger partial charge in [0.2, 0.25) is 0 Å². The number of nitrogens with one attached hydrogen (secondary N) is 1. The first-order chi connectivity index (χ1) is 12.8. The molecule has 0 aromatic heterocycles. The molecule has 2 amide bonds. The summed E-state index contributed by atoms with van der Waals surface area (Å²) in [6.45, 7) is 1.36. The van der Waals surface area contributed by atoms with Gasteiger partial charge in [0.25, 0.3) is 11.8 Å². The number of nitrogens with zero attached hydrogens (tertiary/aromatic N) is 1. The topological polar surface area (TPSA) is 49.4 Å². The molecule has 0 bridgehead atoms. The van der Waals surface area contributed by atoms with E-state index < -0.39 is 22.7 Å². The zero-order valence-corrected chi connectivity index (χ0v) is 14.9. The fraction of sp³-hybridized carbons (Fsp3) is 0.263. The van der Waals surface area contributed by atoms with E-state index in [1.807, 2.05) is 0 Å². The molecule has 8 heteroatoms. The summed E-state index contributed by atoms with van der Waals surface area (Å²) in [4.78, 5) is 26.5. The minimum atomic E-state index is -4.63. The van der Waals surface area contributed by atoms with E-state index in [0.717, 1.165) is 25.0 Å². The molecule has 1 N–H and O–H groups in total. The summed E-state index contributed by atoms with van der Waals surface area (Å²) in [5, 5.41) is 1.97. The highest BCUT2D eigenvalue weighted by atomic mass is 35.5. The Kier molecular flexibility index (Phi) is 5.41. The van der Waals surface area contributed by atoms with Crippen LogP contribution in [0.3, 0.4) is 0 Å². The van der Waals surface area contributed by atoms with Gasteiger partial charge in [-0.15, -0.1) is 0 Å². The van der Waals surface area contributed by atoms with Gasteiger partial charge in [0.15, 0.2) is 0 Å². The smallest absolute Gasteiger partial charge is 0.339 e. The lowest BCUT2D eigenvalue weighted by Crippen LogP contribution is -2.27. The minimum Gasteiger partial charge on any atom is -0.339 e. The molecule has 1 fully saturated rings. The second kappa shape index (κ2) is 7.60. The van der Waals surface area contributed by atoms with Crippen LogP contribution in [0.4, 0.5) is 18.9 Å². The standard InChI is InChI=1S/C19H16ClF3N2O2/c20-16-7-6-14(11-15(16)19(21,22)23)24-17(26)12-4-3-5-13(10-12)18(27)25-8-1-2-9-25/h3-7,10-11H,1-2,8-9H2,(H,24,26). The van der Waals surface area contributed by atoms with E-state index in [1.54, 1.807) is 17.0 Å². The van der Waals surface area contributed by atoms with Gasteiger partial charge >= 0.3 is 6.18 Å². The first-order valence-corrected chi connectivity index (χ1v) is 8.71. The molecule has 0 saturated carbocycles. The van der Waals surface area contributed by atoms with E-state index in [1.165, 1.54) is 18.2 Å². The van der Waals surface area contributed by atoms with E-state index in [9.17, 15) is 22.8 Å². The molecule has 0 spiro atoms. The number of halogens is 4. The van der Waals surface area contributed by atoms with Crippen molar-refractivity contribution in [2.24, 2.45) is 0 Å². The summed E-state index contributed by atoms with van der Waals surface area (Å²) in [6.07, 6.45) is -2.73. The Morgan fingerprint density at radius 2 is 1.67 bits per heavy atom. The molecule has 2 aromatic carbocycles. The molecule has 1 heterocycles. The Labute approximate surface area is 158 Å². The van der Waals surface area contributed by atoms with Crippen LogP contribution in [0.1, 0.15) is 39.1 Å². The Morgan fingerprint density at radius 1 is 1.00 bits per heavy atom. The first-order valence-electron chi connectivity index (χ1n) is 8.33. The summed E-state index contributed by atoms with van der Waals surface area (Å²) in [5.74, 6) is -0.769. The summed E-state index contributed by atoms with van der Waals surface area (Å²) in [5.41, 5.74) is -0.506. The molecule has 0 atom stereocenters. The normalized spacial score (nSPS) is 14.3. The molecular weight excluding hydrogens is 381 g/mol. The third-order valence-electron chi connectivity index (χ3n) is 4.29. The van der Waals surface area contributed by atoms with Gasteiger partial charge in [-0.3, -0.25) is 9.59 Å². The second-order valence-corrected chi connectivity index (χ2v) is 6.63. The van der Waals surface area contributed by atoms with Crippen molar-refractivity contribution in [2.45, 2.75) is 19.0 Å². The lowest BCUT2D eigenvalue weighted by molar-refractivity contribution is -0.137. The van der Waals surface area contributed by atoms with Gasteiger partial charge in [0, 0.05) is 29.9 Å². The number of likely N-dealkylation sites (tertiary alicyclic amines) is 1. The zero-order chi connectivity index (χ0) is 19.6. The number of amides is 2. The maximum atomic E-state index is 12.9. The molecule has 0 unspecified atom stereocenters. The molecule has 1 saturated heterocycles. The quantitative estimate of drug-likeness (QED) is 0.806. The van der Waals surface area contributed by atoms with Gasteiger partial charge in [-0.05, 0) is 49.2 Å². The summed E-state index contributed by atoms with van der Waals surface area (Å²) < 4.78 is 38.8. The van der Waals surface area contributed by atoms with Crippen molar-refractivity contribution in [2.75, 3.05) is 18.4 Å². The molecule has 0 aliphatic carbocycles. The SMILES string of the molecule is O=C(Nc1ccc(Cl)c(C(F)(F)F)c1)c1cccc(C(=O)N2CCCC2)c1. The van der Waals surface area contributed by atoms with Gasteiger partial charge < -0.3 is 10.2 Å². The van der Waals surface area contributed by atoms with Crippen LogP contribution in [0.15, 0.2) is 42.5 Å². The van der Waals surface area contributed by atoms with E-state index in [0.29, 0.717) is 18.7 Å². The summed E-state index contributed by atoms with van der Waals surface area (Å²) >= 11 is 5.58. The van der Waals surface area contributed by atoms with Crippen LogP contribution >= 0.6 is 11.6 Å². The van der Waals surface area contributed by atoms with Gasteiger partial charge in [0.05, 0.1) is 10.6 Å². The van der Waals surface area contributed by atoms with E-state index in [4.69, 9.17) is 11.6 Å². The third-order valence-corrected chi connectivity index (χ3v) is 4.62. The fourth-order valence-electron chi connectivity index (χ4n) is 2.92. The predicted molar refractivity (Wildman–Crippen MR) is 96.0 cm³/mol. The van der Waals surface area contributed by atoms with Crippen molar-refractivity contribution in [1.82, 2.24) is 4.90 Å². The number of alkyl halides is 3. The number of anilines is 1. The number of carbonyl (C=O) groups is 2. The van der Waals surface area contributed by atoms with Crippen molar-refractivity contribution in [3.8, 4) is 0 Å². The van der Waals surface area contributed by atoms with Crippen LogP contribution in [-0.4, -0.2) is 29.8 Å². The molecule has 3 rings (SSSR count). The van der Waals surface area contributed by atoms with Crippen molar-refractivity contribution in [3.63, 3.8) is 0 Å². The summed E-state index contributed by atoms with van der Waals surface area (Å²) in [6, 6.07) is 9.26. The fourth-order valence-corrected chi connectivity index (χ4v) is 3.14. The average Bonchev–Trinajstić information content (AvgIpc) is 3.16. The number of carbonyl (C=O) groups excluding carboxylic acids is 2. The molecule has 2 aromatic rings. The lowest BCUT2D eigenvalue weighted by Gasteiger charge is -2.16. The van der Waals surface area contributed by atoms with Gasteiger partial charge in [-0.1, -0.05) is 17.7 Å². The Hall–Kier alpha value is -2.54. The molecule has 0 radical (unpaired) electrons. The summed E-state index contributed by atoms with van der Waals surface area (Å²) in [7, 11) is 0.